The maximum atomic E-state index is 12.2. The molecule has 34 heavy (non-hydrogen) atoms. The Bertz CT molecular complexity index is 1010. The molecule has 0 aromatic heterocycles. The number of benzene rings is 3. The Morgan fingerprint density at radius 1 is 0.853 bits per heavy atom. The first kappa shape index (κ1) is 25.0. The second-order valence-electron chi connectivity index (χ2n) is 7.36. The number of carboxylic acids is 1. The number of methoxy groups -OCH3 is 2. The number of aliphatic carboxylic acids is 1. The van der Waals surface area contributed by atoms with Gasteiger partial charge in [0.05, 0.1) is 19.5 Å². The molecule has 3 aromatic rings. The number of carbonyl (C=O) groups is 2. The van der Waals surface area contributed by atoms with Gasteiger partial charge in [-0.2, -0.15) is 0 Å². The molecule has 1 atom stereocenters. The largest absolute Gasteiger partial charge is 0.497 e. The molecule has 0 aliphatic carbocycles. The highest BCUT2D eigenvalue weighted by Gasteiger charge is 2.24. The molecule has 0 aliphatic rings. The summed E-state index contributed by atoms with van der Waals surface area (Å²) >= 11 is 1.41. The molecule has 3 aromatic carbocycles. The van der Waals surface area contributed by atoms with Crippen molar-refractivity contribution in [3.8, 4) is 11.5 Å². The number of carbonyl (C=O) groups excluding carboxylic acids is 1. The number of alkyl carbamates (subject to hydrolysis) is 1. The van der Waals surface area contributed by atoms with E-state index in [1.54, 1.807) is 14.2 Å². The van der Waals surface area contributed by atoms with E-state index in [2.05, 4.69) is 5.32 Å². The van der Waals surface area contributed by atoms with Crippen molar-refractivity contribution in [1.82, 2.24) is 5.32 Å². The topological polar surface area (TPSA) is 94.1 Å². The van der Waals surface area contributed by atoms with Crippen LogP contribution in [0.15, 0.2) is 78.9 Å². The number of ether oxygens (including phenoxy) is 3. The van der Waals surface area contributed by atoms with E-state index in [4.69, 9.17) is 14.2 Å². The maximum absolute atomic E-state index is 12.2. The number of nitrogens with one attached hydrogen (secondary N) is 1. The van der Waals surface area contributed by atoms with Gasteiger partial charge in [0.15, 0.2) is 0 Å². The Morgan fingerprint density at radius 3 is 1.85 bits per heavy atom. The highest BCUT2D eigenvalue weighted by molar-refractivity contribution is 7.99. The van der Waals surface area contributed by atoms with E-state index < -0.39 is 18.1 Å². The standard InChI is InChI=1S/C26H27NO6S/c1-31-21-12-8-19(9-13-21)24(20-10-14-22(32-2)15-11-20)34-17-23(25(28)29)27-26(30)33-16-18-6-4-3-5-7-18/h3-15,23-24H,16-17H2,1-2H3,(H,27,30)(H,28,29). The third-order valence-electron chi connectivity index (χ3n) is 5.07. The van der Waals surface area contributed by atoms with Gasteiger partial charge < -0.3 is 24.6 Å². The fourth-order valence-corrected chi connectivity index (χ4v) is 4.53. The molecule has 0 aliphatic heterocycles. The van der Waals surface area contributed by atoms with Crippen LogP contribution in [-0.2, 0) is 16.1 Å². The average molecular weight is 482 g/mol. The molecule has 1 amide bonds. The smallest absolute Gasteiger partial charge is 0.408 e. The molecule has 0 fully saturated rings. The molecule has 0 radical (unpaired) electrons. The van der Waals surface area contributed by atoms with E-state index in [1.165, 1.54) is 11.8 Å². The number of carboxylic acid groups (broad SMARTS) is 1. The lowest BCUT2D eigenvalue weighted by Crippen LogP contribution is -2.43. The van der Waals surface area contributed by atoms with Gasteiger partial charge in [0, 0.05) is 5.75 Å². The summed E-state index contributed by atoms with van der Waals surface area (Å²) < 4.78 is 15.7. The Balaban J connectivity index is 1.70. The first-order valence-corrected chi connectivity index (χ1v) is 11.6. The van der Waals surface area contributed by atoms with E-state index in [0.717, 1.165) is 28.2 Å². The minimum Gasteiger partial charge on any atom is -0.497 e. The molecular formula is C26H27NO6S. The molecule has 0 saturated carbocycles. The molecule has 0 bridgehead atoms. The van der Waals surface area contributed by atoms with E-state index in [-0.39, 0.29) is 17.6 Å². The molecule has 178 valence electrons. The van der Waals surface area contributed by atoms with Gasteiger partial charge in [-0.3, -0.25) is 0 Å². The lowest BCUT2D eigenvalue weighted by Gasteiger charge is -2.21. The number of amides is 1. The van der Waals surface area contributed by atoms with Crippen LogP contribution in [0.25, 0.3) is 0 Å². The fraction of sp³-hybridized carbons (Fsp3) is 0.231. The highest BCUT2D eigenvalue weighted by atomic mass is 32.2. The third-order valence-corrected chi connectivity index (χ3v) is 6.47. The average Bonchev–Trinajstić information content (AvgIpc) is 2.88. The fourth-order valence-electron chi connectivity index (χ4n) is 3.22. The highest BCUT2D eigenvalue weighted by Crippen LogP contribution is 2.37. The van der Waals surface area contributed by atoms with Gasteiger partial charge in [0.25, 0.3) is 0 Å². The van der Waals surface area contributed by atoms with E-state index in [1.807, 2.05) is 78.9 Å². The number of hydrogen-bond acceptors (Lipinski definition) is 6. The predicted octanol–water partition coefficient (Wildman–Crippen LogP) is 4.91. The van der Waals surface area contributed by atoms with Crippen molar-refractivity contribution in [2.45, 2.75) is 17.9 Å². The van der Waals surface area contributed by atoms with Crippen LogP contribution in [0, 0.1) is 0 Å². The van der Waals surface area contributed by atoms with E-state index >= 15 is 0 Å². The molecule has 8 heteroatoms. The van der Waals surface area contributed by atoms with Gasteiger partial charge in [-0.05, 0) is 41.0 Å². The van der Waals surface area contributed by atoms with Crippen molar-refractivity contribution < 1.29 is 28.9 Å². The summed E-state index contributed by atoms with van der Waals surface area (Å²) in [6.07, 6.45) is -0.776. The summed E-state index contributed by atoms with van der Waals surface area (Å²) in [6.45, 7) is 0.0620. The molecule has 2 N–H and O–H groups in total. The van der Waals surface area contributed by atoms with Crippen molar-refractivity contribution in [3.63, 3.8) is 0 Å². The van der Waals surface area contributed by atoms with Crippen LogP contribution in [-0.4, -0.2) is 43.2 Å². The molecular weight excluding hydrogens is 454 g/mol. The zero-order chi connectivity index (χ0) is 24.3. The number of rotatable bonds is 11. The number of hydrogen-bond donors (Lipinski definition) is 2. The summed E-state index contributed by atoms with van der Waals surface area (Å²) in [4.78, 5) is 24.1. The Kier molecular flexibility index (Phi) is 9.22. The maximum Gasteiger partial charge on any atom is 0.408 e. The zero-order valence-electron chi connectivity index (χ0n) is 19.0. The molecule has 1 unspecified atom stereocenters. The minimum atomic E-state index is -1.13. The summed E-state index contributed by atoms with van der Waals surface area (Å²) in [7, 11) is 3.20. The van der Waals surface area contributed by atoms with Crippen LogP contribution in [0.4, 0.5) is 4.79 Å². The van der Waals surface area contributed by atoms with Crippen LogP contribution in [0.3, 0.4) is 0 Å². The third kappa shape index (κ3) is 7.18. The second-order valence-corrected chi connectivity index (χ2v) is 8.49. The van der Waals surface area contributed by atoms with Crippen molar-refractivity contribution in [3.05, 3.63) is 95.6 Å². The Hall–Kier alpha value is -3.65. The normalized spacial score (nSPS) is 11.5. The van der Waals surface area contributed by atoms with Crippen molar-refractivity contribution >= 4 is 23.8 Å². The first-order chi connectivity index (χ1) is 16.5. The molecule has 7 nitrogen and oxygen atoms in total. The molecule has 0 heterocycles. The zero-order valence-corrected chi connectivity index (χ0v) is 19.8. The summed E-state index contributed by atoms with van der Waals surface area (Å²) in [6, 6.07) is 23.3. The summed E-state index contributed by atoms with van der Waals surface area (Å²) in [5, 5.41) is 12.0. The molecule has 3 rings (SSSR count). The van der Waals surface area contributed by atoms with Crippen molar-refractivity contribution in [2.24, 2.45) is 0 Å². The van der Waals surface area contributed by atoms with Crippen LogP contribution in [0.2, 0.25) is 0 Å². The number of thioether (sulfide) groups is 1. The van der Waals surface area contributed by atoms with Crippen molar-refractivity contribution in [1.29, 1.82) is 0 Å². The van der Waals surface area contributed by atoms with Gasteiger partial charge in [-0.1, -0.05) is 54.6 Å². The van der Waals surface area contributed by atoms with Gasteiger partial charge in [-0.15, -0.1) is 11.8 Å². The summed E-state index contributed by atoms with van der Waals surface area (Å²) in [5.41, 5.74) is 2.77. The minimum absolute atomic E-state index is 0.0620. The lowest BCUT2D eigenvalue weighted by molar-refractivity contribution is -0.138. The molecule has 0 spiro atoms. The Labute approximate surface area is 203 Å². The van der Waals surface area contributed by atoms with Crippen LogP contribution in [0.1, 0.15) is 21.9 Å². The van der Waals surface area contributed by atoms with Gasteiger partial charge in [0.1, 0.15) is 24.1 Å². The Morgan fingerprint density at radius 2 is 1.38 bits per heavy atom. The first-order valence-electron chi connectivity index (χ1n) is 10.6. The van der Waals surface area contributed by atoms with Crippen LogP contribution in [0.5, 0.6) is 11.5 Å². The van der Waals surface area contributed by atoms with E-state index in [0.29, 0.717) is 0 Å². The van der Waals surface area contributed by atoms with Crippen LogP contribution < -0.4 is 14.8 Å². The van der Waals surface area contributed by atoms with E-state index in [9.17, 15) is 14.7 Å². The second kappa shape index (κ2) is 12.6. The van der Waals surface area contributed by atoms with Gasteiger partial charge in [0.2, 0.25) is 0 Å². The van der Waals surface area contributed by atoms with Crippen LogP contribution >= 0.6 is 11.8 Å². The van der Waals surface area contributed by atoms with Gasteiger partial charge >= 0.3 is 12.1 Å². The predicted molar refractivity (Wildman–Crippen MR) is 131 cm³/mol. The van der Waals surface area contributed by atoms with Gasteiger partial charge in [-0.25, -0.2) is 9.59 Å². The quantitative estimate of drug-likeness (QED) is 0.402. The summed E-state index contributed by atoms with van der Waals surface area (Å²) in [5.74, 6) is 0.465. The molecule has 0 saturated heterocycles. The SMILES string of the molecule is COc1ccc(C(SCC(NC(=O)OCc2ccccc2)C(=O)O)c2ccc(OC)cc2)cc1. The monoisotopic (exact) mass is 481 g/mol. The van der Waals surface area contributed by atoms with Crippen molar-refractivity contribution in [2.75, 3.05) is 20.0 Å². The lowest BCUT2D eigenvalue weighted by atomic mass is 10.0.